The first-order valence-electron chi connectivity index (χ1n) is 3.95. The van der Waals surface area contributed by atoms with Gasteiger partial charge in [-0.25, -0.2) is 13.1 Å². The van der Waals surface area contributed by atoms with Gasteiger partial charge in [0.05, 0.1) is 4.75 Å². The molecule has 0 aromatic rings. The van der Waals surface area contributed by atoms with Crippen molar-refractivity contribution in [3.05, 3.63) is 12.7 Å². The van der Waals surface area contributed by atoms with Gasteiger partial charge in [-0.05, 0) is 26.3 Å². The predicted molar refractivity (Wildman–Crippen MR) is 51.6 cm³/mol. The van der Waals surface area contributed by atoms with E-state index in [-0.39, 0.29) is 0 Å². The van der Waals surface area contributed by atoms with Gasteiger partial charge in [0.25, 0.3) is 5.91 Å². The van der Waals surface area contributed by atoms with Crippen LogP contribution in [0.15, 0.2) is 12.7 Å². The molecule has 0 spiro atoms. The summed E-state index contributed by atoms with van der Waals surface area (Å²) in [6, 6.07) is 0. The van der Waals surface area contributed by atoms with Crippen molar-refractivity contribution in [1.29, 1.82) is 0 Å². The van der Waals surface area contributed by atoms with Crippen LogP contribution in [-0.4, -0.2) is 19.1 Å². The summed E-state index contributed by atoms with van der Waals surface area (Å²) in [5.41, 5.74) is 0. The minimum atomic E-state index is -3.59. The fraction of sp³-hybridized carbons (Fsp3) is 0.625. The molecule has 0 rings (SSSR count). The Morgan fingerprint density at radius 2 is 2.00 bits per heavy atom. The van der Waals surface area contributed by atoms with Crippen molar-refractivity contribution in [3.8, 4) is 0 Å². The van der Waals surface area contributed by atoms with Crippen LogP contribution in [0.25, 0.3) is 0 Å². The predicted octanol–water partition coefficient (Wildman–Crippen LogP) is 0.807. The van der Waals surface area contributed by atoms with E-state index in [0.29, 0.717) is 6.42 Å². The van der Waals surface area contributed by atoms with Gasteiger partial charge in [-0.1, -0.05) is 13.5 Å². The van der Waals surface area contributed by atoms with E-state index < -0.39 is 20.7 Å². The van der Waals surface area contributed by atoms with E-state index in [1.165, 1.54) is 0 Å². The number of amides is 1. The second kappa shape index (κ2) is 3.91. The zero-order valence-corrected chi connectivity index (χ0v) is 8.94. The summed E-state index contributed by atoms with van der Waals surface area (Å²) in [4.78, 5) is 10.8. The molecule has 0 atom stereocenters. The van der Waals surface area contributed by atoms with Crippen LogP contribution in [0.5, 0.6) is 0 Å². The summed E-state index contributed by atoms with van der Waals surface area (Å²) < 4.78 is 23.9. The Balaban J connectivity index is 4.79. The minimum Gasteiger partial charge on any atom is -0.269 e. The highest BCUT2D eigenvalue weighted by atomic mass is 32.2. The number of carbonyl (C=O) groups excluding carboxylic acids is 1. The maximum absolute atomic E-state index is 11.5. The Kier molecular flexibility index (Phi) is 3.66. The standard InChI is InChI=1S/C8H15NO3S/c1-5-7(10)9-13(11,12)8(3,4)6-2/h5H,1,6H2,2-4H3,(H,9,10). The Bertz CT molecular complexity index is 303. The average molecular weight is 205 g/mol. The lowest BCUT2D eigenvalue weighted by atomic mass is 10.1. The summed E-state index contributed by atoms with van der Waals surface area (Å²) in [7, 11) is -3.59. The number of hydrogen-bond donors (Lipinski definition) is 1. The number of sulfonamides is 1. The third kappa shape index (κ3) is 2.84. The van der Waals surface area contributed by atoms with Crippen molar-refractivity contribution in [2.75, 3.05) is 0 Å². The second-order valence-electron chi connectivity index (χ2n) is 3.29. The molecular weight excluding hydrogens is 190 g/mol. The van der Waals surface area contributed by atoms with Gasteiger partial charge in [0.2, 0.25) is 10.0 Å². The Morgan fingerprint density at radius 3 is 2.31 bits per heavy atom. The molecule has 0 heterocycles. The molecule has 0 unspecified atom stereocenters. The van der Waals surface area contributed by atoms with E-state index >= 15 is 0 Å². The zero-order chi connectivity index (χ0) is 10.7. The molecule has 0 bridgehead atoms. The van der Waals surface area contributed by atoms with E-state index in [2.05, 4.69) is 6.58 Å². The number of rotatable bonds is 4. The largest absolute Gasteiger partial charge is 0.269 e. The van der Waals surface area contributed by atoms with Gasteiger partial charge in [-0.2, -0.15) is 0 Å². The fourth-order valence-electron chi connectivity index (χ4n) is 0.502. The van der Waals surface area contributed by atoms with Crippen molar-refractivity contribution in [2.24, 2.45) is 0 Å². The second-order valence-corrected chi connectivity index (χ2v) is 5.60. The normalized spacial score (nSPS) is 12.2. The smallest absolute Gasteiger partial charge is 0.256 e. The summed E-state index contributed by atoms with van der Waals surface area (Å²) in [5, 5.41) is 0. The molecular formula is C8H15NO3S. The fourth-order valence-corrected chi connectivity index (χ4v) is 1.51. The van der Waals surface area contributed by atoms with E-state index in [1.807, 2.05) is 4.72 Å². The molecule has 1 N–H and O–H groups in total. The lowest BCUT2D eigenvalue weighted by molar-refractivity contribution is -0.114. The molecule has 4 nitrogen and oxygen atoms in total. The Hall–Kier alpha value is -0.840. The van der Waals surface area contributed by atoms with Gasteiger partial charge in [0.15, 0.2) is 0 Å². The van der Waals surface area contributed by atoms with Gasteiger partial charge in [-0.15, -0.1) is 0 Å². The molecule has 0 aromatic heterocycles. The third-order valence-electron chi connectivity index (χ3n) is 2.00. The first-order valence-corrected chi connectivity index (χ1v) is 5.44. The lowest BCUT2D eigenvalue weighted by Crippen LogP contribution is -2.43. The molecule has 0 saturated heterocycles. The molecule has 1 amide bonds. The molecule has 0 aliphatic carbocycles. The molecule has 0 radical (unpaired) electrons. The van der Waals surface area contributed by atoms with Crippen LogP contribution in [0.1, 0.15) is 27.2 Å². The summed E-state index contributed by atoms with van der Waals surface area (Å²) in [6.07, 6.45) is 1.37. The number of hydrogen-bond acceptors (Lipinski definition) is 3. The zero-order valence-electron chi connectivity index (χ0n) is 8.12. The van der Waals surface area contributed by atoms with Crippen molar-refractivity contribution >= 4 is 15.9 Å². The highest BCUT2D eigenvalue weighted by Gasteiger charge is 2.33. The molecule has 13 heavy (non-hydrogen) atoms. The van der Waals surface area contributed by atoms with Crippen LogP contribution in [-0.2, 0) is 14.8 Å². The van der Waals surface area contributed by atoms with Gasteiger partial charge in [-0.3, -0.25) is 4.79 Å². The molecule has 0 saturated carbocycles. The Labute approximate surface area is 79.1 Å². The van der Waals surface area contributed by atoms with Gasteiger partial charge in [0.1, 0.15) is 0 Å². The van der Waals surface area contributed by atoms with Gasteiger partial charge < -0.3 is 0 Å². The third-order valence-corrected chi connectivity index (χ3v) is 4.21. The van der Waals surface area contributed by atoms with Gasteiger partial charge in [0, 0.05) is 0 Å². The van der Waals surface area contributed by atoms with Crippen molar-refractivity contribution in [2.45, 2.75) is 31.9 Å². The maximum atomic E-state index is 11.5. The van der Waals surface area contributed by atoms with Gasteiger partial charge >= 0.3 is 0 Å². The molecule has 0 aliphatic rings. The van der Waals surface area contributed by atoms with Crippen molar-refractivity contribution in [3.63, 3.8) is 0 Å². The minimum absolute atomic E-state index is 0.437. The highest BCUT2D eigenvalue weighted by Crippen LogP contribution is 2.18. The van der Waals surface area contributed by atoms with E-state index in [9.17, 15) is 13.2 Å². The first-order chi connectivity index (χ1) is 5.77. The lowest BCUT2D eigenvalue weighted by Gasteiger charge is -2.22. The van der Waals surface area contributed by atoms with Crippen LogP contribution in [0, 0.1) is 0 Å². The van der Waals surface area contributed by atoms with Crippen molar-refractivity contribution < 1.29 is 13.2 Å². The number of carbonyl (C=O) groups is 1. The quantitative estimate of drug-likeness (QED) is 0.691. The van der Waals surface area contributed by atoms with E-state index in [4.69, 9.17) is 0 Å². The van der Waals surface area contributed by atoms with Crippen LogP contribution >= 0.6 is 0 Å². The maximum Gasteiger partial charge on any atom is 0.256 e. The molecule has 0 aliphatic heterocycles. The monoisotopic (exact) mass is 205 g/mol. The topological polar surface area (TPSA) is 63.2 Å². The van der Waals surface area contributed by atoms with E-state index in [0.717, 1.165) is 6.08 Å². The Morgan fingerprint density at radius 1 is 1.54 bits per heavy atom. The SMILES string of the molecule is C=CC(=O)NS(=O)(=O)C(C)(C)CC. The molecule has 5 heteroatoms. The van der Waals surface area contributed by atoms with Crippen LogP contribution in [0.2, 0.25) is 0 Å². The van der Waals surface area contributed by atoms with Crippen LogP contribution in [0.3, 0.4) is 0 Å². The van der Waals surface area contributed by atoms with Crippen molar-refractivity contribution in [1.82, 2.24) is 4.72 Å². The first kappa shape index (κ1) is 12.2. The summed E-state index contributed by atoms with van der Waals surface area (Å²) >= 11 is 0. The molecule has 0 fully saturated rings. The number of nitrogens with one attached hydrogen (secondary N) is 1. The molecule has 0 aromatic carbocycles. The highest BCUT2D eigenvalue weighted by molar-refractivity contribution is 7.91. The van der Waals surface area contributed by atoms with Crippen LogP contribution in [0.4, 0.5) is 0 Å². The van der Waals surface area contributed by atoms with E-state index in [1.54, 1.807) is 20.8 Å². The van der Waals surface area contributed by atoms with Crippen LogP contribution < -0.4 is 4.72 Å². The average Bonchev–Trinajstić information content (AvgIpc) is 2.03. The summed E-state index contributed by atoms with van der Waals surface area (Å²) in [6.45, 7) is 8.05. The molecule has 76 valence electrons. The summed E-state index contributed by atoms with van der Waals surface area (Å²) in [5.74, 6) is -0.693.